The van der Waals surface area contributed by atoms with Crippen LogP contribution in [0.15, 0.2) is 24.3 Å². The van der Waals surface area contributed by atoms with Gasteiger partial charge in [0.2, 0.25) is 0 Å². The van der Waals surface area contributed by atoms with E-state index >= 15 is 0 Å². The standard InChI is InChI=1S/C16H25NO3/c1-12(2)17-10-16(20-13-8-9-19-11-13)14-6-4-5-7-15(14)18-3/h4-7,12-13,16-17H,8-11H2,1-3H3. The lowest BCUT2D eigenvalue weighted by Crippen LogP contribution is -2.31. The minimum atomic E-state index is -0.0137. The van der Waals surface area contributed by atoms with Crippen LogP contribution in [0.25, 0.3) is 0 Å². The van der Waals surface area contributed by atoms with Gasteiger partial charge < -0.3 is 19.5 Å². The maximum atomic E-state index is 6.22. The van der Waals surface area contributed by atoms with E-state index in [1.54, 1.807) is 7.11 Å². The molecule has 0 bridgehead atoms. The average Bonchev–Trinajstić information content (AvgIpc) is 2.96. The van der Waals surface area contributed by atoms with E-state index < -0.39 is 0 Å². The van der Waals surface area contributed by atoms with Crippen LogP contribution < -0.4 is 10.1 Å². The molecule has 20 heavy (non-hydrogen) atoms. The number of methoxy groups -OCH3 is 1. The molecular formula is C16H25NO3. The van der Waals surface area contributed by atoms with Gasteiger partial charge in [0.15, 0.2) is 0 Å². The molecule has 1 aromatic carbocycles. The monoisotopic (exact) mass is 279 g/mol. The largest absolute Gasteiger partial charge is 0.496 e. The molecule has 1 N–H and O–H groups in total. The summed E-state index contributed by atoms with van der Waals surface area (Å²) in [6.07, 6.45) is 1.13. The molecule has 0 spiro atoms. The van der Waals surface area contributed by atoms with Gasteiger partial charge in [-0.15, -0.1) is 0 Å². The molecule has 0 radical (unpaired) electrons. The van der Waals surface area contributed by atoms with E-state index in [9.17, 15) is 0 Å². The zero-order valence-electron chi connectivity index (χ0n) is 12.6. The number of hydrogen-bond acceptors (Lipinski definition) is 4. The minimum absolute atomic E-state index is 0.0137. The highest BCUT2D eigenvalue weighted by Gasteiger charge is 2.24. The number of benzene rings is 1. The fourth-order valence-electron chi connectivity index (χ4n) is 2.36. The third-order valence-corrected chi connectivity index (χ3v) is 3.44. The smallest absolute Gasteiger partial charge is 0.124 e. The normalized spacial score (nSPS) is 20.3. The van der Waals surface area contributed by atoms with Gasteiger partial charge in [-0.05, 0) is 12.5 Å². The molecule has 1 heterocycles. The molecule has 0 amide bonds. The Kier molecular flexibility index (Phi) is 5.83. The number of nitrogens with one attached hydrogen (secondary N) is 1. The molecule has 1 aliphatic heterocycles. The van der Waals surface area contributed by atoms with Crippen LogP contribution in [0.1, 0.15) is 31.9 Å². The summed E-state index contributed by atoms with van der Waals surface area (Å²) in [5.74, 6) is 0.877. The lowest BCUT2D eigenvalue weighted by atomic mass is 10.1. The van der Waals surface area contributed by atoms with Crippen LogP contribution in [0, 0.1) is 0 Å². The molecule has 0 saturated carbocycles. The summed E-state index contributed by atoms with van der Waals surface area (Å²) in [6.45, 7) is 6.53. The van der Waals surface area contributed by atoms with Crippen molar-refractivity contribution < 1.29 is 14.2 Å². The van der Waals surface area contributed by atoms with Crippen molar-refractivity contribution in [1.29, 1.82) is 0 Å². The van der Waals surface area contributed by atoms with E-state index in [0.717, 1.165) is 30.9 Å². The van der Waals surface area contributed by atoms with Crippen molar-refractivity contribution in [2.75, 3.05) is 26.9 Å². The molecule has 1 aromatic rings. The fraction of sp³-hybridized carbons (Fsp3) is 0.625. The Hall–Kier alpha value is -1.10. The van der Waals surface area contributed by atoms with E-state index in [-0.39, 0.29) is 12.2 Å². The first-order valence-electron chi connectivity index (χ1n) is 7.30. The number of para-hydroxylation sites is 1. The minimum Gasteiger partial charge on any atom is -0.496 e. The molecule has 0 aromatic heterocycles. The summed E-state index contributed by atoms with van der Waals surface area (Å²) in [5, 5.41) is 3.45. The maximum absolute atomic E-state index is 6.22. The Morgan fingerprint density at radius 3 is 2.80 bits per heavy atom. The predicted molar refractivity (Wildman–Crippen MR) is 79.2 cm³/mol. The average molecular weight is 279 g/mol. The van der Waals surface area contributed by atoms with Gasteiger partial charge in [0, 0.05) is 24.8 Å². The summed E-state index contributed by atoms with van der Waals surface area (Å²) in [6, 6.07) is 8.48. The van der Waals surface area contributed by atoms with Crippen LogP contribution >= 0.6 is 0 Å². The first-order chi connectivity index (χ1) is 9.70. The molecule has 4 heteroatoms. The molecule has 112 valence electrons. The molecule has 1 saturated heterocycles. The quantitative estimate of drug-likeness (QED) is 0.832. The predicted octanol–water partition coefficient (Wildman–Crippen LogP) is 2.54. The van der Waals surface area contributed by atoms with Crippen LogP contribution in [-0.2, 0) is 9.47 Å². The summed E-state index contributed by atoms with van der Waals surface area (Å²) in [4.78, 5) is 0. The summed E-state index contributed by atoms with van der Waals surface area (Å²) in [7, 11) is 1.70. The number of hydrogen-bond donors (Lipinski definition) is 1. The van der Waals surface area contributed by atoms with Gasteiger partial charge in [-0.2, -0.15) is 0 Å². The first kappa shape index (κ1) is 15.3. The van der Waals surface area contributed by atoms with Crippen molar-refractivity contribution in [3.05, 3.63) is 29.8 Å². The highest BCUT2D eigenvalue weighted by Crippen LogP contribution is 2.29. The van der Waals surface area contributed by atoms with E-state index in [2.05, 4.69) is 25.2 Å². The third kappa shape index (κ3) is 4.20. The van der Waals surface area contributed by atoms with Crippen molar-refractivity contribution in [3.63, 3.8) is 0 Å². The topological polar surface area (TPSA) is 39.7 Å². The Labute approximate surface area is 121 Å². The van der Waals surface area contributed by atoms with E-state index in [4.69, 9.17) is 14.2 Å². The highest BCUT2D eigenvalue weighted by atomic mass is 16.6. The number of rotatable bonds is 7. The highest BCUT2D eigenvalue weighted by molar-refractivity contribution is 5.35. The molecule has 1 fully saturated rings. The summed E-state index contributed by atoms with van der Waals surface area (Å²) in [5.41, 5.74) is 1.09. The van der Waals surface area contributed by atoms with Gasteiger partial charge >= 0.3 is 0 Å². The van der Waals surface area contributed by atoms with Crippen LogP contribution in [0.3, 0.4) is 0 Å². The second kappa shape index (κ2) is 7.62. The van der Waals surface area contributed by atoms with Gasteiger partial charge in [0.1, 0.15) is 5.75 Å². The maximum Gasteiger partial charge on any atom is 0.124 e. The Morgan fingerprint density at radius 1 is 1.35 bits per heavy atom. The van der Waals surface area contributed by atoms with Gasteiger partial charge in [-0.25, -0.2) is 0 Å². The van der Waals surface area contributed by atoms with Crippen molar-refractivity contribution in [2.45, 2.75) is 38.5 Å². The van der Waals surface area contributed by atoms with E-state index in [1.807, 2.05) is 18.2 Å². The van der Waals surface area contributed by atoms with E-state index in [0.29, 0.717) is 12.6 Å². The van der Waals surface area contributed by atoms with Gasteiger partial charge in [-0.1, -0.05) is 32.0 Å². The van der Waals surface area contributed by atoms with Crippen LogP contribution in [-0.4, -0.2) is 39.0 Å². The second-order valence-corrected chi connectivity index (χ2v) is 5.42. The van der Waals surface area contributed by atoms with Crippen molar-refractivity contribution >= 4 is 0 Å². The molecule has 0 aliphatic carbocycles. The second-order valence-electron chi connectivity index (χ2n) is 5.42. The van der Waals surface area contributed by atoms with Gasteiger partial charge in [-0.3, -0.25) is 0 Å². The molecule has 4 nitrogen and oxygen atoms in total. The molecule has 2 atom stereocenters. The SMILES string of the molecule is COc1ccccc1C(CNC(C)C)OC1CCOC1. The zero-order chi connectivity index (χ0) is 14.4. The van der Waals surface area contributed by atoms with Crippen LogP contribution in [0.4, 0.5) is 0 Å². The first-order valence-corrected chi connectivity index (χ1v) is 7.30. The Morgan fingerprint density at radius 2 is 2.15 bits per heavy atom. The number of ether oxygens (including phenoxy) is 3. The molecule has 1 aliphatic rings. The van der Waals surface area contributed by atoms with Crippen molar-refractivity contribution in [3.8, 4) is 5.75 Å². The zero-order valence-corrected chi connectivity index (χ0v) is 12.6. The summed E-state index contributed by atoms with van der Waals surface area (Å²) < 4.78 is 17.1. The molecule has 2 rings (SSSR count). The van der Waals surface area contributed by atoms with Crippen molar-refractivity contribution in [1.82, 2.24) is 5.32 Å². The molecule has 2 unspecified atom stereocenters. The fourth-order valence-corrected chi connectivity index (χ4v) is 2.36. The molecular weight excluding hydrogens is 254 g/mol. The van der Waals surface area contributed by atoms with Crippen LogP contribution in [0.2, 0.25) is 0 Å². The van der Waals surface area contributed by atoms with E-state index in [1.165, 1.54) is 0 Å². The third-order valence-electron chi connectivity index (χ3n) is 3.44. The van der Waals surface area contributed by atoms with Gasteiger partial charge in [0.25, 0.3) is 0 Å². The van der Waals surface area contributed by atoms with Gasteiger partial charge in [0.05, 0.1) is 25.9 Å². The Balaban J connectivity index is 2.10. The Bertz CT molecular complexity index is 402. The van der Waals surface area contributed by atoms with Crippen molar-refractivity contribution in [2.24, 2.45) is 0 Å². The lowest BCUT2D eigenvalue weighted by Gasteiger charge is -2.24. The lowest BCUT2D eigenvalue weighted by molar-refractivity contribution is -0.0181. The summed E-state index contributed by atoms with van der Waals surface area (Å²) >= 11 is 0. The van der Waals surface area contributed by atoms with Crippen LogP contribution in [0.5, 0.6) is 5.75 Å².